The number of esters is 1. The van der Waals surface area contributed by atoms with Crippen LogP contribution in [-0.4, -0.2) is 42.0 Å². The first-order valence-corrected chi connectivity index (χ1v) is 5.91. The Kier molecular flexibility index (Phi) is 5.84. The van der Waals surface area contributed by atoms with E-state index in [9.17, 15) is 9.59 Å². The monoisotopic (exact) mass is 250 g/mol. The molecule has 1 heterocycles. The average molecular weight is 250 g/mol. The highest BCUT2D eigenvalue weighted by Crippen LogP contribution is 2.01. The molecule has 5 nitrogen and oxygen atoms in total. The molecule has 98 valence electrons. The van der Waals surface area contributed by atoms with Gasteiger partial charge in [-0.15, -0.1) is 0 Å². The van der Waals surface area contributed by atoms with E-state index >= 15 is 0 Å². The molecule has 0 aromatic carbocycles. The van der Waals surface area contributed by atoms with Gasteiger partial charge in [0.2, 0.25) is 5.91 Å². The zero-order valence-corrected chi connectivity index (χ0v) is 10.8. The first-order valence-electron chi connectivity index (χ1n) is 5.91. The topological polar surface area (TPSA) is 59.5 Å². The van der Waals surface area contributed by atoms with Crippen molar-refractivity contribution >= 4 is 11.9 Å². The zero-order valence-electron chi connectivity index (χ0n) is 10.8. The number of aromatic nitrogens is 1. The third kappa shape index (κ3) is 4.53. The molecule has 0 fully saturated rings. The summed E-state index contributed by atoms with van der Waals surface area (Å²) in [5, 5.41) is 0. The Morgan fingerprint density at radius 2 is 2.17 bits per heavy atom. The number of hydrogen-bond acceptors (Lipinski definition) is 4. The summed E-state index contributed by atoms with van der Waals surface area (Å²) in [5.41, 5.74) is 0.702. The van der Waals surface area contributed by atoms with Gasteiger partial charge < -0.3 is 9.64 Å². The summed E-state index contributed by atoms with van der Waals surface area (Å²) in [7, 11) is 1.32. The van der Waals surface area contributed by atoms with Crippen molar-refractivity contribution in [3.8, 4) is 0 Å². The number of methoxy groups -OCH3 is 1. The molecule has 0 saturated carbocycles. The highest BCUT2D eigenvalue weighted by Gasteiger charge is 2.17. The van der Waals surface area contributed by atoms with E-state index in [4.69, 9.17) is 0 Å². The summed E-state index contributed by atoms with van der Waals surface area (Å²) in [6.45, 7) is 2.50. The Bertz CT molecular complexity index is 392. The number of carbonyl (C=O) groups is 2. The molecule has 1 aromatic heterocycles. The second-order valence-corrected chi connectivity index (χ2v) is 3.89. The smallest absolute Gasteiger partial charge is 0.325 e. The predicted molar refractivity (Wildman–Crippen MR) is 66.8 cm³/mol. The van der Waals surface area contributed by atoms with Crippen LogP contribution in [-0.2, 0) is 20.7 Å². The molecule has 0 unspecified atom stereocenters. The van der Waals surface area contributed by atoms with E-state index in [0.717, 1.165) is 6.42 Å². The molecule has 0 aliphatic heterocycles. The second-order valence-electron chi connectivity index (χ2n) is 3.89. The summed E-state index contributed by atoms with van der Waals surface area (Å²) >= 11 is 0. The molecule has 0 radical (unpaired) electrons. The van der Waals surface area contributed by atoms with Crippen LogP contribution < -0.4 is 0 Å². The summed E-state index contributed by atoms with van der Waals surface area (Å²) in [6.07, 6.45) is 2.65. The number of hydrogen-bond donors (Lipinski definition) is 0. The number of amides is 1. The van der Waals surface area contributed by atoms with Gasteiger partial charge in [0.1, 0.15) is 6.54 Å². The van der Waals surface area contributed by atoms with Crippen molar-refractivity contribution < 1.29 is 14.3 Å². The molecule has 1 amide bonds. The molecule has 0 bridgehead atoms. The van der Waals surface area contributed by atoms with Crippen molar-refractivity contribution in [2.75, 3.05) is 20.2 Å². The van der Waals surface area contributed by atoms with E-state index in [0.29, 0.717) is 12.2 Å². The van der Waals surface area contributed by atoms with Crippen molar-refractivity contribution in [3.63, 3.8) is 0 Å². The normalized spacial score (nSPS) is 9.89. The van der Waals surface area contributed by atoms with Crippen molar-refractivity contribution in [3.05, 3.63) is 30.1 Å². The maximum Gasteiger partial charge on any atom is 0.325 e. The van der Waals surface area contributed by atoms with Gasteiger partial charge in [0, 0.05) is 18.4 Å². The lowest BCUT2D eigenvalue weighted by Gasteiger charge is -2.20. The van der Waals surface area contributed by atoms with Crippen LogP contribution in [0.25, 0.3) is 0 Å². The minimum Gasteiger partial charge on any atom is -0.468 e. The van der Waals surface area contributed by atoms with E-state index in [1.807, 2.05) is 13.0 Å². The molecule has 0 aliphatic carbocycles. The quantitative estimate of drug-likeness (QED) is 0.708. The van der Waals surface area contributed by atoms with Gasteiger partial charge in [0.25, 0.3) is 0 Å². The van der Waals surface area contributed by atoms with E-state index in [1.165, 1.54) is 12.0 Å². The van der Waals surface area contributed by atoms with Crippen LogP contribution in [0.15, 0.2) is 24.4 Å². The Balaban J connectivity index is 2.62. The van der Waals surface area contributed by atoms with Gasteiger partial charge in [-0.1, -0.05) is 13.0 Å². The van der Waals surface area contributed by atoms with E-state index in [2.05, 4.69) is 9.72 Å². The van der Waals surface area contributed by atoms with Gasteiger partial charge in [-0.3, -0.25) is 14.6 Å². The van der Waals surface area contributed by atoms with Crippen LogP contribution in [0, 0.1) is 0 Å². The van der Waals surface area contributed by atoms with Crippen LogP contribution in [0.3, 0.4) is 0 Å². The Morgan fingerprint density at radius 1 is 1.39 bits per heavy atom. The second kappa shape index (κ2) is 7.42. The minimum absolute atomic E-state index is 0.00396. The van der Waals surface area contributed by atoms with Crippen LogP contribution >= 0.6 is 0 Å². The Labute approximate surface area is 107 Å². The molecule has 18 heavy (non-hydrogen) atoms. The fourth-order valence-electron chi connectivity index (χ4n) is 1.55. The standard InChI is InChI=1S/C13H18N2O3/c1-3-8-15(10-13(17)18-2)12(16)9-11-6-4-5-7-14-11/h4-7H,3,8-10H2,1-2H3. The molecule has 0 aliphatic rings. The zero-order chi connectivity index (χ0) is 13.4. The molecule has 0 N–H and O–H groups in total. The van der Waals surface area contributed by atoms with Gasteiger partial charge in [0.05, 0.1) is 13.5 Å². The highest BCUT2D eigenvalue weighted by atomic mass is 16.5. The molecular formula is C13H18N2O3. The van der Waals surface area contributed by atoms with Crippen LogP contribution in [0.5, 0.6) is 0 Å². The molecular weight excluding hydrogens is 232 g/mol. The summed E-state index contributed by atoms with van der Waals surface area (Å²) in [5.74, 6) is -0.515. The van der Waals surface area contributed by atoms with Crippen molar-refractivity contribution in [2.24, 2.45) is 0 Å². The van der Waals surface area contributed by atoms with E-state index in [-0.39, 0.29) is 18.9 Å². The number of carbonyl (C=O) groups excluding carboxylic acids is 2. The number of rotatable bonds is 6. The van der Waals surface area contributed by atoms with E-state index < -0.39 is 5.97 Å². The lowest BCUT2D eigenvalue weighted by molar-refractivity contribution is -0.146. The first kappa shape index (κ1) is 14.2. The minimum atomic E-state index is -0.405. The van der Waals surface area contributed by atoms with Gasteiger partial charge in [-0.25, -0.2) is 0 Å². The summed E-state index contributed by atoms with van der Waals surface area (Å²) in [4.78, 5) is 28.9. The highest BCUT2D eigenvalue weighted by molar-refractivity contribution is 5.83. The molecule has 1 rings (SSSR count). The maximum absolute atomic E-state index is 12.0. The van der Waals surface area contributed by atoms with Crippen LogP contribution in [0.2, 0.25) is 0 Å². The molecule has 0 saturated heterocycles. The number of pyridine rings is 1. The average Bonchev–Trinajstić information content (AvgIpc) is 2.39. The van der Waals surface area contributed by atoms with Crippen molar-refractivity contribution in [2.45, 2.75) is 19.8 Å². The molecule has 0 atom stereocenters. The van der Waals surface area contributed by atoms with E-state index in [1.54, 1.807) is 18.3 Å². The van der Waals surface area contributed by atoms with Crippen LogP contribution in [0.4, 0.5) is 0 Å². The third-order valence-electron chi connectivity index (χ3n) is 2.45. The molecule has 1 aromatic rings. The van der Waals surface area contributed by atoms with Gasteiger partial charge in [0.15, 0.2) is 0 Å². The fourth-order valence-corrected chi connectivity index (χ4v) is 1.55. The first-order chi connectivity index (χ1) is 8.67. The largest absolute Gasteiger partial charge is 0.468 e. The number of ether oxygens (including phenoxy) is 1. The lowest BCUT2D eigenvalue weighted by Crippen LogP contribution is -2.37. The van der Waals surface area contributed by atoms with Crippen molar-refractivity contribution in [1.29, 1.82) is 0 Å². The Hall–Kier alpha value is -1.91. The fraction of sp³-hybridized carbons (Fsp3) is 0.462. The third-order valence-corrected chi connectivity index (χ3v) is 2.45. The maximum atomic E-state index is 12.0. The van der Waals surface area contributed by atoms with Crippen molar-refractivity contribution in [1.82, 2.24) is 9.88 Å². The van der Waals surface area contributed by atoms with Crippen LogP contribution in [0.1, 0.15) is 19.0 Å². The number of nitrogens with zero attached hydrogens (tertiary/aromatic N) is 2. The summed E-state index contributed by atoms with van der Waals surface area (Å²) in [6, 6.07) is 5.42. The van der Waals surface area contributed by atoms with Gasteiger partial charge in [-0.05, 0) is 18.6 Å². The lowest BCUT2D eigenvalue weighted by atomic mass is 10.2. The molecule has 5 heteroatoms. The SMILES string of the molecule is CCCN(CC(=O)OC)C(=O)Cc1ccccn1. The summed E-state index contributed by atoms with van der Waals surface area (Å²) < 4.78 is 4.58. The van der Waals surface area contributed by atoms with Gasteiger partial charge >= 0.3 is 5.97 Å². The Morgan fingerprint density at radius 3 is 2.72 bits per heavy atom. The molecule has 0 spiro atoms. The van der Waals surface area contributed by atoms with Gasteiger partial charge in [-0.2, -0.15) is 0 Å². The predicted octanol–water partition coefficient (Wildman–Crippen LogP) is 1.04.